The molecule has 0 radical (unpaired) electrons. The SMILES string of the molecule is Cc1ccc(NC(=O)c2ccccc2)cc1Oc1ccc2nc(NC(=O)C3CC3)sc2n1. The van der Waals surface area contributed by atoms with Crippen LogP contribution in [0.4, 0.5) is 10.8 Å². The first-order valence-electron chi connectivity index (χ1n) is 10.3. The van der Waals surface area contributed by atoms with Gasteiger partial charge in [0.15, 0.2) is 5.13 Å². The minimum atomic E-state index is -0.189. The van der Waals surface area contributed by atoms with E-state index >= 15 is 0 Å². The molecule has 0 spiro atoms. The lowest BCUT2D eigenvalue weighted by Gasteiger charge is -2.11. The number of fused-ring (bicyclic) bond motifs is 1. The second-order valence-electron chi connectivity index (χ2n) is 7.66. The van der Waals surface area contributed by atoms with Crippen LogP contribution in [0.2, 0.25) is 0 Å². The van der Waals surface area contributed by atoms with Crippen LogP contribution in [0.15, 0.2) is 60.7 Å². The van der Waals surface area contributed by atoms with Crippen molar-refractivity contribution in [2.24, 2.45) is 5.92 Å². The third-order valence-corrected chi connectivity index (χ3v) is 5.99. The predicted molar refractivity (Wildman–Crippen MR) is 124 cm³/mol. The maximum absolute atomic E-state index is 12.4. The van der Waals surface area contributed by atoms with E-state index in [1.54, 1.807) is 24.3 Å². The second-order valence-corrected chi connectivity index (χ2v) is 8.64. The van der Waals surface area contributed by atoms with Gasteiger partial charge in [-0.3, -0.25) is 9.59 Å². The summed E-state index contributed by atoms with van der Waals surface area (Å²) in [5.41, 5.74) is 2.82. The molecular formula is C24H20N4O3S. The number of amides is 2. The molecule has 2 aromatic carbocycles. The molecule has 2 amide bonds. The Bertz CT molecular complexity index is 1320. The summed E-state index contributed by atoms with van der Waals surface area (Å²) in [4.78, 5) is 34.1. The van der Waals surface area contributed by atoms with Gasteiger partial charge in [-0.25, -0.2) is 9.97 Å². The van der Waals surface area contributed by atoms with E-state index in [0.29, 0.717) is 38.4 Å². The van der Waals surface area contributed by atoms with Crippen molar-refractivity contribution < 1.29 is 14.3 Å². The Morgan fingerprint density at radius 3 is 2.59 bits per heavy atom. The zero-order valence-corrected chi connectivity index (χ0v) is 18.1. The fraction of sp³-hybridized carbons (Fsp3) is 0.167. The number of hydrogen-bond acceptors (Lipinski definition) is 6. The van der Waals surface area contributed by atoms with Crippen LogP contribution in [0.25, 0.3) is 10.3 Å². The normalized spacial score (nSPS) is 13.0. The van der Waals surface area contributed by atoms with Gasteiger partial charge in [0.2, 0.25) is 11.8 Å². The van der Waals surface area contributed by atoms with Crippen molar-refractivity contribution in [3.63, 3.8) is 0 Å². The Labute approximate surface area is 188 Å². The Morgan fingerprint density at radius 1 is 1.00 bits per heavy atom. The van der Waals surface area contributed by atoms with Gasteiger partial charge in [-0.2, -0.15) is 0 Å². The highest BCUT2D eigenvalue weighted by atomic mass is 32.1. The molecule has 2 aromatic heterocycles. The minimum absolute atomic E-state index is 0.0190. The molecule has 0 unspecified atom stereocenters. The summed E-state index contributed by atoms with van der Waals surface area (Å²) in [5.74, 6) is 0.952. The molecule has 1 aliphatic rings. The Balaban J connectivity index is 1.33. The van der Waals surface area contributed by atoms with Crippen LogP contribution >= 0.6 is 11.3 Å². The molecule has 1 fully saturated rings. The molecule has 7 nitrogen and oxygen atoms in total. The van der Waals surface area contributed by atoms with E-state index in [-0.39, 0.29) is 17.7 Å². The van der Waals surface area contributed by atoms with Crippen molar-refractivity contribution in [3.05, 3.63) is 71.8 Å². The molecule has 0 aliphatic heterocycles. The van der Waals surface area contributed by atoms with Gasteiger partial charge in [-0.05, 0) is 49.6 Å². The van der Waals surface area contributed by atoms with Gasteiger partial charge in [0.25, 0.3) is 5.91 Å². The van der Waals surface area contributed by atoms with Crippen molar-refractivity contribution in [1.82, 2.24) is 9.97 Å². The molecule has 5 rings (SSSR count). The van der Waals surface area contributed by atoms with Crippen molar-refractivity contribution in [3.8, 4) is 11.6 Å². The first kappa shape index (κ1) is 20.1. The first-order chi connectivity index (χ1) is 15.5. The number of carbonyl (C=O) groups is 2. The van der Waals surface area contributed by atoms with Crippen LogP contribution in [0.1, 0.15) is 28.8 Å². The summed E-state index contributed by atoms with van der Waals surface area (Å²) in [6.07, 6.45) is 1.88. The van der Waals surface area contributed by atoms with E-state index in [0.717, 1.165) is 18.4 Å². The number of thiazole rings is 1. The van der Waals surface area contributed by atoms with Crippen LogP contribution in [-0.2, 0) is 4.79 Å². The topological polar surface area (TPSA) is 93.2 Å². The highest BCUT2D eigenvalue weighted by Crippen LogP contribution is 2.33. The van der Waals surface area contributed by atoms with E-state index in [9.17, 15) is 9.59 Å². The smallest absolute Gasteiger partial charge is 0.255 e. The first-order valence-corrected chi connectivity index (χ1v) is 11.1. The molecule has 0 bridgehead atoms. The third-order valence-electron chi connectivity index (χ3n) is 5.10. The summed E-state index contributed by atoms with van der Waals surface area (Å²) in [6.45, 7) is 1.93. The average molecular weight is 445 g/mol. The maximum atomic E-state index is 12.4. The Morgan fingerprint density at radius 2 is 1.81 bits per heavy atom. The average Bonchev–Trinajstić information content (AvgIpc) is 3.57. The zero-order valence-electron chi connectivity index (χ0n) is 17.3. The monoisotopic (exact) mass is 444 g/mol. The Hall–Kier alpha value is -3.78. The molecular weight excluding hydrogens is 424 g/mol. The molecule has 4 aromatic rings. The third kappa shape index (κ3) is 4.45. The van der Waals surface area contributed by atoms with Gasteiger partial charge in [0, 0.05) is 29.3 Å². The molecule has 0 atom stereocenters. The van der Waals surface area contributed by atoms with Crippen molar-refractivity contribution in [2.45, 2.75) is 19.8 Å². The summed E-state index contributed by atoms with van der Waals surface area (Å²) in [6, 6.07) is 18.1. The molecule has 160 valence electrons. The van der Waals surface area contributed by atoms with Crippen LogP contribution in [-0.4, -0.2) is 21.8 Å². The standard InChI is InChI=1S/C24H20N4O3S/c1-14-7-10-17(25-21(29)15-5-3-2-4-6-15)13-19(14)31-20-12-11-18-23(27-20)32-24(26-18)28-22(30)16-8-9-16/h2-7,10-13,16H,8-9H2,1H3,(H,25,29)(H,26,28,30). The number of pyridine rings is 1. The molecule has 32 heavy (non-hydrogen) atoms. The van der Waals surface area contributed by atoms with E-state index in [1.807, 2.05) is 43.3 Å². The molecule has 2 heterocycles. The van der Waals surface area contributed by atoms with Gasteiger partial charge < -0.3 is 15.4 Å². The highest BCUT2D eigenvalue weighted by Gasteiger charge is 2.30. The fourth-order valence-corrected chi connectivity index (χ4v) is 3.99. The maximum Gasteiger partial charge on any atom is 0.255 e. The van der Waals surface area contributed by atoms with E-state index in [4.69, 9.17) is 4.74 Å². The number of rotatable bonds is 6. The second kappa shape index (κ2) is 8.39. The number of aromatic nitrogens is 2. The van der Waals surface area contributed by atoms with Gasteiger partial charge in [0.1, 0.15) is 16.1 Å². The minimum Gasteiger partial charge on any atom is -0.439 e. The zero-order chi connectivity index (χ0) is 22.1. The number of nitrogens with zero attached hydrogens (tertiary/aromatic N) is 2. The number of ether oxygens (including phenoxy) is 1. The largest absolute Gasteiger partial charge is 0.439 e. The van der Waals surface area contributed by atoms with Crippen molar-refractivity contribution in [2.75, 3.05) is 10.6 Å². The summed E-state index contributed by atoms with van der Waals surface area (Å²) in [5, 5.41) is 6.29. The quantitative estimate of drug-likeness (QED) is 0.416. The van der Waals surface area contributed by atoms with Crippen LogP contribution in [0, 0.1) is 12.8 Å². The van der Waals surface area contributed by atoms with Gasteiger partial charge in [-0.15, -0.1) is 0 Å². The van der Waals surface area contributed by atoms with Gasteiger partial charge in [0.05, 0.1) is 0 Å². The lowest BCUT2D eigenvalue weighted by molar-refractivity contribution is -0.117. The van der Waals surface area contributed by atoms with Gasteiger partial charge >= 0.3 is 0 Å². The van der Waals surface area contributed by atoms with Crippen molar-refractivity contribution in [1.29, 1.82) is 0 Å². The number of carbonyl (C=O) groups excluding carboxylic acids is 2. The number of hydrogen-bond donors (Lipinski definition) is 2. The predicted octanol–water partition coefficient (Wildman–Crippen LogP) is 5.39. The van der Waals surface area contributed by atoms with Crippen molar-refractivity contribution >= 4 is 44.3 Å². The molecule has 0 saturated heterocycles. The number of nitrogens with one attached hydrogen (secondary N) is 2. The number of benzene rings is 2. The summed E-state index contributed by atoms with van der Waals surface area (Å²) < 4.78 is 6.01. The summed E-state index contributed by atoms with van der Waals surface area (Å²) in [7, 11) is 0. The van der Waals surface area contributed by atoms with E-state index in [2.05, 4.69) is 20.6 Å². The fourth-order valence-electron chi connectivity index (χ4n) is 3.16. The van der Waals surface area contributed by atoms with E-state index in [1.165, 1.54) is 11.3 Å². The Kier molecular flexibility index (Phi) is 5.28. The van der Waals surface area contributed by atoms with E-state index < -0.39 is 0 Å². The molecule has 1 aliphatic carbocycles. The lowest BCUT2D eigenvalue weighted by atomic mass is 10.2. The highest BCUT2D eigenvalue weighted by molar-refractivity contribution is 7.21. The van der Waals surface area contributed by atoms with Gasteiger partial charge in [-0.1, -0.05) is 35.6 Å². The number of aryl methyl sites for hydroxylation is 1. The van der Waals surface area contributed by atoms with Crippen LogP contribution in [0.3, 0.4) is 0 Å². The molecule has 8 heteroatoms. The number of anilines is 2. The summed E-state index contributed by atoms with van der Waals surface area (Å²) >= 11 is 1.32. The van der Waals surface area contributed by atoms with Crippen LogP contribution in [0.5, 0.6) is 11.6 Å². The molecule has 2 N–H and O–H groups in total. The van der Waals surface area contributed by atoms with Crippen LogP contribution < -0.4 is 15.4 Å². The lowest BCUT2D eigenvalue weighted by Crippen LogP contribution is -2.12. The molecule has 1 saturated carbocycles.